The number of benzene rings is 3. The van der Waals surface area contributed by atoms with Gasteiger partial charge < -0.3 is 14.0 Å². The second kappa shape index (κ2) is 12.0. The molecule has 0 radical (unpaired) electrons. The number of imide groups is 1. The first-order valence-corrected chi connectivity index (χ1v) is 14.7. The normalized spacial score (nSPS) is 17.5. The van der Waals surface area contributed by atoms with Crippen molar-refractivity contribution in [3.05, 3.63) is 102 Å². The number of carbonyl (C=O) groups excluding carboxylic acids is 2. The van der Waals surface area contributed by atoms with E-state index in [1.54, 1.807) is 0 Å². The van der Waals surface area contributed by atoms with Crippen LogP contribution in [0.4, 0.5) is 0 Å². The van der Waals surface area contributed by atoms with Crippen LogP contribution in [0.2, 0.25) is 0 Å². The molecule has 2 aliphatic heterocycles. The molecule has 1 N–H and O–H groups in total. The van der Waals surface area contributed by atoms with Crippen LogP contribution in [0.25, 0.3) is 33.0 Å². The maximum Gasteiger partial charge on any atom is 0.261 e. The Morgan fingerprint density at radius 2 is 1.35 bits per heavy atom. The largest absolute Gasteiger partial charge is 0.378 e. The molecule has 5 aromatic rings. The van der Waals surface area contributed by atoms with Crippen LogP contribution < -0.4 is 5.32 Å². The van der Waals surface area contributed by atoms with Gasteiger partial charge in [0.05, 0.1) is 49.6 Å². The maximum absolute atomic E-state index is 13.4. The van der Waals surface area contributed by atoms with Crippen molar-refractivity contribution in [3.8, 4) is 0 Å². The number of rotatable bonds is 2. The second-order valence-corrected chi connectivity index (χ2v) is 10.9. The Hall–Kier alpha value is -4.57. The molecule has 2 aliphatic rings. The highest BCUT2D eigenvalue weighted by Crippen LogP contribution is 2.38. The number of carbonyl (C=O) groups is 2. The van der Waals surface area contributed by atoms with E-state index < -0.39 is 11.8 Å². The van der Waals surface area contributed by atoms with Crippen molar-refractivity contribution >= 4 is 44.8 Å². The predicted molar refractivity (Wildman–Crippen MR) is 165 cm³/mol. The third-order valence-electron chi connectivity index (χ3n) is 8.16. The Morgan fingerprint density at radius 3 is 2.16 bits per heavy atom. The van der Waals surface area contributed by atoms with Crippen molar-refractivity contribution in [3.63, 3.8) is 0 Å². The fraction of sp³-hybridized carbons (Fsp3) is 0.265. The molecule has 0 spiro atoms. The molecule has 43 heavy (non-hydrogen) atoms. The van der Waals surface area contributed by atoms with E-state index >= 15 is 0 Å². The van der Waals surface area contributed by atoms with Gasteiger partial charge in [-0.3, -0.25) is 24.5 Å². The molecule has 0 saturated heterocycles. The Kier molecular flexibility index (Phi) is 7.59. The fourth-order valence-electron chi connectivity index (χ4n) is 6.08. The van der Waals surface area contributed by atoms with E-state index in [9.17, 15) is 9.59 Å². The summed E-state index contributed by atoms with van der Waals surface area (Å²) in [5.74, 6) is -0.834. The van der Waals surface area contributed by atoms with Gasteiger partial charge in [-0.2, -0.15) is 5.10 Å². The molecule has 0 atom stereocenters. The van der Waals surface area contributed by atoms with Crippen LogP contribution in [-0.4, -0.2) is 70.6 Å². The van der Waals surface area contributed by atoms with E-state index in [1.807, 2.05) is 65.5 Å². The highest BCUT2D eigenvalue weighted by Gasteiger charge is 2.36. The quantitative estimate of drug-likeness (QED) is 0.319. The minimum Gasteiger partial charge on any atom is -0.378 e. The zero-order valence-corrected chi connectivity index (χ0v) is 23.9. The monoisotopic (exact) mass is 575 g/mol. The van der Waals surface area contributed by atoms with Gasteiger partial charge in [0, 0.05) is 54.2 Å². The van der Waals surface area contributed by atoms with Gasteiger partial charge >= 0.3 is 0 Å². The standard InChI is InChI=1S/C34H33N5O4/c40-33-30-27-23-38(28-12-6-4-10-25(27)28)17-19-43-21-20-42-18-16-37(22-24-8-2-1-3-9-24)14-15-39-29-13-7-5-11-26(29)32(36-39)31(30)34(41)35-33/h1-13,23H,14-22H2,(H,35,40,41). The van der Waals surface area contributed by atoms with E-state index in [1.165, 1.54) is 5.56 Å². The molecule has 2 aromatic heterocycles. The van der Waals surface area contributed by atoms with Crippen molar-refractivity contribution < 1.29 is 19.1 Å². The first-order chi connectivity index (χ1) is 21.2. The Labute approximate surface area is 249 Å². The summed E-state index contributed by atoms with van der Waals surface area (Å²) < 4.78 is 15.9. The molecule has 2 amide bonds. The van der Waals surface area contributed by atoms with Crippen molar-refractivity contribution in [1.29, 1.82) is 0 Å². The summed E-state index contributed by atoms with van der Waals surface area (Å²) >= 11 is 0. The molecule has 9 nitrogen and oxygen atoms in total. The van der Waals surface area contributed by atoms with Gasteiger partial charge in [-0.1, -0.05) is 66.7 Å². The average Bonchev–Trinajstić information content (AvgIpc) is 3.67. The third-order valence-corrected chi connectivity index (χ3v) is 8.16. The number of fused-ring (bicyclic) bond motifs is 12. The van der Waals surface area contributed by atoms with E-state index in [0.717, 1.165) is 41.4 Å². The SMILES string of the molecule is O=C1NC(=O)C2=C1c1cn(c3ccccc13)CCOCCOCCN(Cc1ccccc1)CCn1nc2c2ccccc21. The zero-order chi connectivity index (χ0) is 29.2. The van der Waals surface area contributed by atoms with Gasteiger partial charge in [-0.15, -0.1) is 0 Å². The molecule has 218 valence electrons. The summed E-state index contributed by atoms with van der Waals surface area (Å²) in [6.07, 6.45) is 1.95. The molecular formula is C34H33N5O4. The number of hydrogen-bond donors (Lipinski definition) is 1. The van der Waals surface area contributed by atoms with Gasteiger partial charge in [0.25, 0.3) is 11.8 Å². The van der Waals surface area contributed by atoms with Crippen LogP contribution in [0.15, 0.2) is 85.1 Å². The summed E-state index contributed by atoms with van der Waals surface area (Å²) in [6, 6.07) is 26.2. The van der Waals surface area contributed by atoms with Gasteiger partial charge in [-0.25, -0.2) is 0 Å². The van der Waals surface area contributed by atoms with Crippen LogP contribution >= 0.6 is 0 Å². The lowest BCUT2D eigenvalue weighted by Gasteiger charge is -2.22. The summed E-state index contributed by atoms with van der Waals surface area (Å²) in [5.41, 5.74) is 5.01. The minimum absolute atomic E-state index is 0.312. The van der Waals surface area contributed by atoms with Gasteiger partial charge in [-0.05, 0) is 17.7 Å². The van der Waals surface area contributed by atoms with Gasteiger partial charge in [0.1, 0.15) is 5.69 Å². The third kappa shape index (κ3) is 5.38. The molecule has 0 saturated carbocycles. The first kappa shape index (κ1) is 27.3. The Balaban J connectivity index is 1.34. The van der Waals surface area contributed by atoms with Crippen LogP contribution in [-0.2, 0) is 38.7 Å². The first-order valence-electron chi connectivity index (χ1n) is 14.7. The Morgan fingerprint density at radius 1 is 0.674 bits per heavy atom. The van der Waals surface area contributed by atoms with Gasteiger partial charge in [0.15, 0.2) is 0 Å². The highest BCUT2D eigenvalue weighted by molar-refractivity contribution is 6.50. The summed E-state index contributed by atoms with van der Waals surface area (Å²) in [5, 5.41) is 9.30. The second-order valence-electron chi connectivity index (χ2n) is 10.9. The van der Waals surface area contributed by atoms with E-state index in [2.05, 4.69) is 39.0 Å². The molecule has 4 heterocycles. The topological polar surface area (TPSA) is 90.6 Å². The summed E-state index contributed by atoms with van der Waals surface area (Å²) in [6.45, 7) is 5.56. The average molecular weight is 576 g/mol. The lowest BCUT2D eigenvalue weighted by Crippen LogP contribution is -2.31. The number of nitrogens with zero attached hydrogens (tertiary/aromatic N) is 4. The summed E-state index contributed by atoms with van der Waals surface area (Å²) in [7, 11) is 0. The molecule has 4 bridgehead atoms. The lowest BCUT2D eigenvalue weighted by atomic mass is 9.97. The number of ether oxygens (including phenoxy) is 2. The number of hydrogen-bond acceptors (Lipinski definition) is 6. The van der Waals surface area contributed by atoms with Crippen molar-refractivity contribution in [2.24, 2.45) is 0 Å². The fourth-order valence-corrected chi connectivity index (χ4v) is 6.08. The predicted octanol–water partition coefficient (Wildman–Crippen LogP) is 4.11. The molecule has 0 aliphatic carbocycles. The van der Waals surface area contributed by atoms with Crippen LogP contribution in [0, 0.1) is 0 Å². The summed E-state index contributed by atoms with van der Waals surface area (Å²) in [4.78, 5) is 29.2. The lowest BCUT2D eigenvalue weighted by molar-refractivity contribution is -0.122. The minimum atomic E-state index is -0.427. The Bertz CT molecular complexity index is 1840. The number of para-hydroxylation sites is 2. The highest BCUT2D eigenvalue weighted by atomic mass is 16.5. The van der Waals surface area contributed by atoms with Crippen molar-refractivity contribution in [1.82, 2.24) is 24.6 Å². The van der Waals surface area contributed by atoms with Crippen LogP contribution in [0.3, 0.4) is 0 Å². The van der Waals surface area contributed by atoms with Crippen LogP contribution in [0.5, 0.6) is 0 Å². The molecule has 0 unspecified atom stereocenters. The number of aromatic nitrogens is 3. The van der Waals surface area contributed by atoms with E-state index in [-0.39, 0.29) is 0 Å². The number of nitrogens with one attached hydrogen (secondary N) is 1. The van der Waals surface area contributed by atoms with E-state index in [0.29, 0.717) is 61.9 Å². The molecule has 3 aromatic carbocycles. The molecule has 7 rings (SSSR count). The van der Waals surface area contributed by atoms with Crippen LogP contribution in [0.1, 0.15) is 16.8 Å². The van der Waals surface area contributed by atoms with Crippen molar-refractivity contribution in [2.45, 2.75) is 19.6 Å². The zero-order valence-electron chi connectivity index (χ0n) is 23.9. The van der Waals surface area contributed by atoms with E-state index in [4.69, 9.17) is 14.6 Å². The molecular weight excluding hydrogens is 542 g/mol. The van der Waals surface area contributed by atoms with Crippen molar-refractivity contribution in [2.75, 3.05) is 39.5 Å². The number of amides is 2. The maximum atomic E-state index is 13.4. The molecule has 9 heteroatoms. The molecule has 0 fully saturated rings. The van der Waals surface area contributed by atoms with Gasteiger partial charge in [0.2, 0.25) is 0 Å². The smallest absolute Gasteiger partial charge is 0.261 e.